The monoisotopic (exact) mass is 417 g/mol. The largest absolute Gasteiger partial charge is 0.366 e. The van der Waals surface area contributed by atoms with E-state index in [2.05, 4.69) is 49.4 Å². The van der Waals surface area contributed by atoms with Crippen molar-refractivity contribution in [2.75, 3.05) is 18.4 Å². The maximum Gasteiger partial charge on any atom is 0.255 e. The summed E-state index contributed by atoms with van der Waals surface area (Å²) in [6.07, 6.45) is 5.91. The van der Waals surface area contributed by atoms with Crippen molar-refractivity contribution in [3.05, 3.63) is 71.7 Å². The number of hydrogen-bond donors (Lipinski definition) is 1. The van der Waals surface area contributed by atoms with E-state index in [1.165, 1.54) is 0 Å². The predicted octanol–water partition coefficient (Wildman–Crippen LogP) is 4.87. The van der Waals surface area contributed by atoms with Gasteiger partial charge in [-0.2, -0.15) is 5.10 Å². The Kier molecular flexibility index (Phi) is 6.35. The molecule has 0 aliphatic carbocycles. The summed E-state index contributed by atoms with van der Waals surface area (Å²) in [7, 11) is 0. The molecule has 6 nitrogen and oxygen atoms in total. The molecule has 0 radical (unpaired) electrons. The normalized spacial score (nSPS) is 14.8. The summed E-state index contributed by atoms with van der Waals surface area (Å²) in [5, 5.41) is 8.18. The predicted molar refractivity (Wildman–Crippen MR) is 124 cm³/mol. The lowest BCUT2D eigenvalue weighted by Crippen LogP contribution is -2.37. The van der Waals surface area contributed by atoms with Crippen molar-refractivity contribution in [2.45, 2.75) is 46.1 Å². The number of aromatic nitrogens is 3. The maximum atomic E-state index is 12.7. The van der Waals surface area contributed by atoms with Crippen LogP contribution in [0.5, 0.6) is 0 Å². The molecule has 1 amide bonds. The Balaban J connectivity index is 1.42. The number of nitrogens with zero attached hydrogens (tertiary/aromatic N) is 4. The summed E-state index contributed by atoms with van der Waals surface area (Å²) in [6, 6.07) is 13.9. The van der Waals surface area contributed by atoms with Gasteiger partial charge in [0.15, 0.2) is 0 Å². The van der Waals surface area contributed by atoms with E-state index >= 15 is 0 Å². The van der Waals surface area contributed by atoms with Crippen LogP contribution < -0.4 is 5.32 Å². The quantitative estimate of drug-likeness (QED) is 0.621. The molecule has 31 heavy (non-hydrogen) atoms. The lowest BCUT2D eigenvalue weighted by molar-refractivity contribution is 0.0697. The van der Waals surface area contributed by atoms with E-state index < -0.39 is 0 Å². The van der Waals surface area contributed by atoms with Gasteiger partial charge in [0.05, 0.1) is 16.9 Å². The van der Waals surface area contributed by atoms with Gasteiger partial charge in [0.2, 0.25) is 0 Å². The topological polar surface area (TPSA) is 63.1 Å². The van der Waals surface area contributed by atoms with Crippen LogP contribution in [0.2, 0.25) is 0 Å². The molecule has 2 aromatic heterocycles. The van der Waals surface area contributed by atoms with Gasteiger partial charge in [-0.15, -0.1) is 0 Å². The first kappa shape index (κ1) is 21.1. The van der Waals surface area contributed by atoms with Crippen LogP contribution in [0.1, 0.15) is 61.1 Å². The Morgan fingerprint density at radius 3 is 2.52 bits per heavy atom. The number of benzene rings is 1. The molecule has 6 heteroatoms. The van der Waals surface area contributed by atoms with Crippen LogP contribution >= 0.6 is 0 Å². The summed E-state index contributed by atoms with van der Waals surface area (Å²) in [5.74, 6) is 1.86. The Bertz CT molecular complexity index is 1000. The highest BCUT2D eigenvalue weighted by molar-refractivity contribution is 5.94. The molecule has 0 atom stereocenters. The first-order valence-electron chi connectivity index (χ1n) is 11.1. The van der Waals surface area contributed by atoms with Crippen LogP contribution in [0.4, 0.5) is 5.82 Å². The van der Waals surface area contributed by atoms with E-state index in [0.29, 0.717) is 23.9 Å². The molecule has 1 saturated heterocycles. The van der Waals surface area contributed by atoms with Crippen LogP contribution in [0.15, 0.2) is 54.9 Å². The molecule has 0 saturated carbocycles. The SMILES string of the molecule is CC1CCN(C(=O)c2ccc(NCc3cn(-c4ccccc4)nc3C(C)C)nc2)CC1. The molecule has 0 bridgehead atoms. The average molecular weight is 418 g/mol. The smallest absolute Gasteiger partial charge is 0.255 e. The van der Waals surface area contributed by atoms with Gasteiger partial charge >= 0.3 is 0 Å². The van der Waals surface area contributed by atoms with E-state index in [4.69, 9.17) is 5.10 Å². The minimum Gasteiger partial charge on any atom is -0.366 e. The summed E-state index contributed by atoms with van der Waals surface area (Å²) in [4.78, 5) is 19.1. The minimum absolute atomic E-state index is 0.0807. The molecule has 4 rings (SSSR count). The summed E-state index contributed by atoms with van der Waals surface area (Å²) in [6.45, 7) is 8.86. The Hall–Kier alpha value is -3.15. The Morgan fingerprint density at radius 1 is 1.13 bits per heavy atom. The number of nitrogens with one attached hydrogen (secondary N) is 1. The number of likely N-dealkylation sites (tertiary alicyclic amines) is 1. The third kappa shape index (κ3) is 4.95. The summed E-state index contributed by atoms with van der Waals surface area (Å²) < 4.78 is 1.93. The van der Waals surface area contributed by atoms with Crippen LogP contribution in [0.25, 0.3) is 5.69 Å². The molecule has 0 unspecified atom stereocenters. The van der Waals surface area contributed by atoms with Crippen molar-refractivity contribution in [2.24, 2.45) is 5.92 Å². The highest BCUT2D eigenvalue weighted by Gasteiger charge is 2.21. The second kappa shape index (κ2) is 9.33. The molecule has 162 valence electrons. The zero-order chi connectivity index (χ0) is 21.8. The number of anilines is 1. The van der Waals surface area contributed by atoms with Crippen LogP contribution in [0, 0.1) is 5.92 Å². The molecule has 3 heterocycles. The third-order valence-corrected chi connectivity index (χ3v) is 5.93. The van der Waals surface area contributed by atoms with Crippen LogP contribution in [0.3, 0.4) is 0 Å². The fourth-order valence-electron chi connectivity index (χ4n) is 3.96. The maximum absolute atomic E-state index is 12.7. The van der Waals surface area contributed by atoms with Gasteiger partial charge in [0, 0.05) is 37.6 Å². The fraction of sp³-hybridized carbons (Fsp3) is 0.400. The molecule has 1 fully saturated rings. The molecule has 1 aliphatic heterocycles. The first-order valence-corrected chi connectivity index (χ1v) is 11.1. The second-order valence-electron chi connectivity index (χ2n) is 8.73. The van der Waals surface area contributed by atoms with Crippen molar-refractivity contribution >= 4 is 11.7 Å². The number of hydrogen-bond acceptors (Lipinski definition) is 4. The van der Waals surface area contributed by atoms with Gasteiger partial charge in [-0.3, -0.25) is 4.79 Å². The van der Waals surface area contributed by atoms with Gasteiger partial charge < -0.3 is 10.2 Å². The summed E-state index contributed by atoms with van der Waals surface area (Å²) >= 11 is 0. The number of carbonyl (C=O) groups is 1. The number of para-hydroxylation sites is 1. The van der Waals surface area contributed by atoms with Crippen molar-refractivity contribution in [3.8, 4) is 5.69 Å². The third-order valence-electron chi connectivity index (χ3n) is 5.93. The van der Waals surface area contributed by atoms with E-state index in [0.717, 1.165) is 48.7 Å². The van der Waals surface area contributed by atoms with Gasteiger partial charge in [-0.05, 0) is 48.9 Å². The van der Waals surface area contributed by atoms with Crippen molar-refractivity contribution in [3.63, 3.8) is 0 Å². The molecule has 3 aromatic rings. The average Bonchev–Trinajstić information content (AvgIpc) is 3.23. The van der Waals surface area contributed by atoms with E-state index in [9.17, 15) is 4.79 Å². The second-order valence-corrected chi connectivity index (χ2v) is 8.73. The molecule has 1 aliphatic rings. The van der Waals surface area contributed by atoms with E-state index in [1.54, 1.807) is 6.20 Å². The number of carbonyl (C=O) groups excluding carboxylic acids is 1. The van der Waals surface area contributed by atoms with Gasteiger partial charge in [-0.1, -0.05) is 39.0 Å². The molecule has 0 spiro atoms. The highest BCUT2D eigenvalue weighted by Crippen LogP contribution is 2.22. The fourth-order valence-corrected chi connectivity index (χ4v) is 3.96. The van der Waals surface area contributed by atoms with Crippen LogP contribution in [-0.4, -0.2) is 38.7 Å². The zero-order valence-electron chi connectivity index (χ0n) is 18.6. The standard InChI is InChI=1S/C25H31N5O/c1-18(2)24-21(17-30(28-24)22-7-5-4-6-8-22)16-27-23-10-9-20(15-26-23)25(31)29-13-11-19(3)12-14-29/h4-10,15,17-19H,11-14,16H2,1-3H3,(H,26,27). The number of piperidine rings is 1. The van der Waals surface area contributed by atoms with Crippen LogP contribution in [-0.2, 0) is 6.54 Å². The number of rotatable bonds is 6. The molecular formula is C25H31N5O. The van der Waals surface area contributed by atoms with Crippen molar-refractivity contribution < 1.29 is 4.79 Å². The highest BCUT2D eigenvalue weighted by atomic mass is 16.2. The van der Waals surface area contributed by atoms with Crippen molar-refractivity contribution in [1.29, 1.82) is 0 Å². The molecule has 1 aromatic carbocycles. The first-order chi connectivity index (χ1) is 15.0. The van der Waals surface area contributed by atoms with Gasteiger partial charge in [0.1, 0.15) is 5.82 Å². The lowest BCUT2D eigenvalue weighted by Gasteiger charge is -2.30. The molecule has 1 N–H and O–H groups in total. The Morgan fingerprint density at radius 2 is 1.87 bits per heavy atom. The number of amides is 1. The van der Waals surface area contributed by atoms with Gasteiger partial charge in [-0.25, -0.2) is 9.67 Å². The molecular weight excluding hydrogens is 386 g/mol. The number of pyridine rings is 1. The zero-order valence-corrected chi connectivity index (χ0v) is 18.6. The van der Waals surface area contributed by atoms with Crippen molar-refractivity contribution in [1.82, 2.24) is 19.7 Å². The van der Waals surface area contributed by atoms with E-state index in [1.807, 2.05) is 39.9 Å². The summed E-state index contributed by atoms with van der Waals surface area (Å²) in [5.41, 5.74) is 3.91. The van der Waals surface area contributed by atoms with E-state index in [-0.39, 0.29) is 5.91 Å². The minimum atomic E-state index is 0.0807. The van der Waals surface area contributed by atoms with Gasteiger partial charge in [0.25, 0.3) is 5.91 Å². The Labute approximate surface area is 184 Å². The lowest BCUT2D eigenvalue weighted by atomic mass is 9.99.